The molecule has 0 saturated carbocycles. The molecule has 1 rings (SSSR count). The van der Waals surface area contributed by atoms with E-state index in [2.05, 4.69) is 0 Å². The summed E-state index contributed by atoms with van der Waals surface area (Å²) in [6, 6.07) is 0. The molecule has 1 heterocycles. The standard InChI is InChI=1S/C9H18O6/c1-4(10)7-8(13-2)5(11)6(12)9(14-3)15-7/h4-12H,1-3H3/t4?,5-,6?,7-,8+,9+/m1/s1. The molecule has 0 bridgehead atoms. The van der Waals surface area contributed by atoms with Gasteiger partial charge in [-0.05, 0) is 6.92 Å². The van der Waals surface area contributed by atoms with Gasteiger partial charge in [0.05, 0.1) is 6.10 Å². The number of methoxy groups -OCH3 is 2. The number of ether oxygens (including phenoxy) is 3. The second kappa shape index (κ2) is 5.20. The van der Waals surface area contributed by atoms with Gasteiger partial charge >= 0.3 is 0 Å². The van der Waals surface area contributed by atoms with Crippen molar-refractivity contribution in [3.63, 3.8) is 0 Å². The maximum absolute atomic E-state index is 9.71. The van der Waals surface area contributed by atoms with Crippen LogP contribution in [-0.4, -0.2) is 66.3 Å². The van der Waals surface area contributed by atoms with Gasteiger partial charge in [-0.1, -0.05) is 0 Å². The summed E-state index contributed by atoms with van der Waals surface area (Å²) in [5.74, 6) is 0. The van der Waals surface area contributed by atoms with Crippen LogP contribution in [0.3, 0.4) is 0 Å². The highest BCUT2D eigenvalue weighted by Gasteiger charge is 2.46. The smallest absolute Gasteiger partial charge is 0.186 e. The summed E-state index contributed by atoms with van der Waals surface area (Å²) in [6.45, 7) is 1.52. The molecule has 6 atom stereocenters. The Kier molecular flexibility index (Phi) is 4.45. The number of aliphatic hydroxyl groups is 3. The molecule has 0 radical (unpaired) electrons. The van der Waals surface area contributed by atoms with E-state index in [0.717, 1.165) is 0 Å². The maximum atomic E-state index is 9.71. The molecule has 1 aliphatic heterocycles. The van der Waals surface area contributed by atoms with Crippen molar-refractivity contribution in [2.45, 2.75) is 43.7 Å². The summed E-state index contributed by atoms with van der Waals surface area (Å²) in [5.41, 5.74) is 0. The minimum absolute atomic E-state index is 0.724. The van der Waals surface area contributed by atoms with E-state index in [1.807, 2.05) is 0 Å². The minimum Gasteiger partial charge on any atom is -0.391 e. The van der Waals surface area contributed by atoms with Gasteiger partial charge in [0.1, 0.15) is 24.4 Å². The van der Waals surface area contributed by atoms with Crippen molar-refractivity contribution in [1.82, 2.24) is 0 Å². The van der Waals surface area contributed by atoms with Gasteiger partial charge < -0.3 is 29.5 Å². The largest absolute Gasteiger partial charge is 0.391 e. The van der Waals surface area contributed by atoms with Gasteiger partial charge in [-0.2, -0.15) is 0 Å². The first-order chi connectivity index (χ1) is 7.02. The summed E-state index contributed by atoms with van der Waals surface area (Å²) in [6.07, 6.45) is -5.60. The number of hydrogen-bond acceptors (Lipinski definition) is 6. The fourth-order valence-corrected chi connectivity index (χ4v) is 1.72. The van der Waals surface area contributed by atoms with Gasteiger partial charge in [0, 0.05) is 14.2 Å². The molecule has 1 saturated heterocycles. The summed E-state index contributed by atoms with van der Waals surface area (Å²) in [7, 11) is 2.74. The predicted octanol–water partition coefficient (Wildman–Crippen LogP) is -1.52. The van der Waals surface area contributed by atoms with Crippen LogP contribution in [0.1, 0.15) is 6.92 Å². The van der Waals surface area contributed by atoms with Gasteiger partial charge in [0.25, 0.3) is 0 Å². The van der Waals surface area contributed by atoms with Crippen molar-refractivity contribution in [1.29, 1.82) is 0 Å². The van der Waals surface area contributed by atoms with Crippen LogP contribution < -0.4 is 0 Å². The van der Waals surface area contributed by atoms with Crippen LogP contribution in [0.25, 0.3) is 0 Å². The van der Waals surface area contributed by atoms with Crippen LogP contribution in [0.2, 0.25) is 0 Å². The molecule has 0 aliphatic carbocycles. The molecular formula is C9H18O6. The van der Waals surface area contributed by atoms with Gasteiger partial charge in [-0.15, -0.1) is 0 Å². The van der Waals surface area contributed by atoms with Crippen LogP contribution in [0, 0.1) is 0 Å². The molecule has 15 heavy (non-hydrogen) atoms. The summed E-state index contributed by atoms with van der Waals surface area (Å²) >= 11 is 0. The molecule has 0 aromatic rings. The van der Waals surface area contributed by atoms with Gasteiger partial charge in [-0.3, -0.25) is 0 Å². The van der Waals surface area contributed by atoms with E-state index in [4.69, 9.17) is 14.2 Å². The van der Waals surface area contributed by atoms with Gasteiger partial charge in [-0.25, -0.2) is 0 Å². The third kappa shape index (κ3) is 2.47. The maximum Gasteiger partial charge on any atom is 0.186 e. The first-order valence-corrected chi connectivity index (χ1v) is 4.78. The highest BCUT2D eigenvalue weighted by atomic mass is 16.7. The summed E-state index contributed by atoms with van der Waals surface area (Å²) in [5, 5.41) is 28.7. The average Bonchev–Trinajstić information content (AvgIpc) is 2.21. The van der Waals surface area contributed by atoms with Crippen LogP contribution in [-0.2, 0) is 14.2 Å². The Bertz CT molecular complexity index is 197. The fraction of sp³-hybridized carbons (Fsp3) is 1.00. The zero-order valence-electron chi connectivity index (χ0n) is 9.03. The zero-order valence-corrected chi connectivity index (χ0v) is 9.03. The third-order valence-corrected chi connectivity index (χ3v) is 2.56. The summed E-state index contributed by atoms with van der Waals surface area (Å²) in [4.78, 5) is 0. The highest BCUT2D eigenvalue weighted by molar-refractivity contribution is 4.92. The Hall–Kier alpha value is -0.240. The molecule has 1 aliphatic rings. The Morgan fingerprint density at radius 1 is 1.13 bits per heavy atom. The van der Waals surface area contributed by atoms with Crippen LogP contribution in [0.4, 0.5) is 0 Å². The topological polar surface area (TPSA) is 88.4 Å². The summed E-state index contributed by atoms with van der Waals surface area (Å²) < 4.78 is 15.1. The fourth-order valence-electron chi connectivity index (χ4n) is 1.72. The molecular weight excluding hydrogens is 204 g/mol. The third-order valence-electron chi connectivity index (χ3n) is 2.56. The van der Waals surface area contributed by atoms with Crippen molar-refractivity contribution in [3.8, 4) is 0 Å². The first kappa shape index (κ1) is 12.8. The molecule has 6 heteroatoms. The Morgan fingerprint density at radius 2 is 1.73 bits per heavy atom. The van der Waals surface area contributed by atoms with E-state index >= 15 is 0 Å². The monoisotopic (exact) mass is 222 g/mol. The number of hydrogen-bond donors (Lipinski definition) is 3. The van der Waals surface area contributed by atoms with E-state index in [1.54, 1.807) is 0 Å². The molecule has 2 unspecified atom stereocenters. The van der Waals surface area contributed by atoms with Crippen LogP contribution >= 0.6 is 0 Å². The second-order valence-corrected chi connectivity index (χ2v) is 3.63. The van der Waals surface area contributed by atoms with Crippen molar-refractivity contribution < 1.29 is 29.5 Å². The normalized spacial score (nSPS) is 44.0. The molecule has 0 aromatic heterocycles. The molecule has 3 N–H and O–H groups in total. The lowest BCUT2D eigenvalue weighted by molar-refractivity contribution is -0.306. The van der Waals surface area contributed by atoms with Crippen molar-refractivity contribution in [2.75, 3.05) is 14.2 Å². The molecule has 0 spiro atoms. The highest BCUT2D eigenvalue weighted by Crippen LogP contribution is 2.25. The van der Waals surface area contributed by atoms with Gasteiger partial charge in [0.2, 0.25) is 0 Å². The zero-order chi connectivity index (χ0) is 11.6. The molecule has 1 fully saturated rings. The lowest BCUT2D eigenvalue weighted by Crippen LogP contribution is -2.61. The van der Waals surface area contributed by atoms with Gasteiger partial charge in [0.15, 0.2) is 6.29 Å². The predicted molar refractivity (Wildman–Crippen MR) is 50.2 cm³/mol. The van der Waals surface area contributed by atoms with E-state index in [0.29, 0.717) is 0 Å². The Morgan fingerprint density at radius 3 is 2.13 bits per heavy atom. The lowest BCUT2D eigenvalue weighted by Gasteiger charge is -2.42. The van der Waals surface area contributed by atoms with Crippen LogP contribution in [0.15, 0.2) is 0 Å². The number of rotatable bonds is 3. The minimum atomic E-state index is -1.19. The number of aliphatic hydroxyl groups excluding tert-OH is 3. The second-order valence-electron chi connectivity index (χ2n) is 3.63. The molecule has 90 valence electrons. The lowest BCUT2D eigenvalue weighted by atomic mass is 9.96. The molecule has 0 amide bonds. The Balaban J connectivity index is 2.79. The Labute approximate surface area is 88.4 Å². The van der Waals surface area contributed by atoms with Crippen molar-refractivity contribution in [2.24, 2.45) is 0 Å². The SMILES string of the molecule is CO[C@H]1O[C@H](C(C)O)[C@@H](OC)[C@H](O)C1O. The van der Waals surface area contributed by atoms with E-state index < -0.39 is 36.8 Å². The quantitative estimate of drug-likeness (QED) is 0.537. The average molecular weight is 222 g/mol. The van der Waals surface area contributed by atoms with Crippen LogP contribution in [0.5, 0.6) is 0 Å². The molecule has 6 nitrogen and oxygen atoms in total. The molecule has 0 aromatic carbocycles. The van der Waals surface area contributed by atoms with E-state index in [-0.39, 0.29) is 0 Å². The van der Waals surface area contributed by atoms with E-state index in [1.165, 1.54) is 21.1 Å². The van der Waals surface area contributed by atoms with Crippen molar-refractivity contribution >= 4 is 0 Å². The van der Waals surface area contributed by atoms with E-state index in [9.17, 15) is 15.3 Å². The van der Waals surface area contributed by atoms with Crippen molar-refractivity contribution in [3.05, 3.63) is 0 Å². The first-order valence-electron chi connectivity index (χ1n) is 4.78.